The molecule has 35 heavy (non-hydrogen) atoms. The Balaban J connectivity index is 1.40. The number of ether oxygens (including phenoxy) is 2. The largest absolute Gasteiger partial charge is 0.452 e. The Morgan fingerprint density at radius 1 is 1.06 bits per heavy atom. The molecule has 5 atom stereocenters. The Morgan fingerprint density at radius 3 is 2.51 bits per heavy atom. The van der Waals surface area contributed by atoms with Crippen LogP contribution in [-0.4, -0.2) is 64.1 Å². The molecule has 0 unspecified atom stereocenters. The Bertz CT molecular complexity index is 1180. The summed E-state index contributed by atoms with van der Waals surface area (Å²) in [5, 5.41) is 32.8. The van der Waals surface area contributed by atoms with Gasteiger partial charge in [0.15, 0.2) is 6.23 Å². The summed E-state index contributed by atoms with van der Waals surface area (Å²) in [5.74, 6) is 0.711. The molecule has 0 radical (unpaired) electrons. The lowest BCUT2D eigenvalue weighted by molar-refractivity contribution is -0.242. The molecule has 9 heteroatoms. The second-order valence-electron chi connectivity index (χ2n) is 9.31. The Morgan fingerprint density at radius 2 is 1.80 bits per heavy atom. The number of benzene rings is 2. The van der Waals surface area contributed by atoms with Crippen molar-refractivity contribution in [2.45, 2.75) is 55.8 Å². The van der Waals surface area contributed by atoms with Crippen LogP contribution >= 0.6 is 0 Å². The van der Waals surface area contributed by atoms with E-state index in [1.54, 1.807) is 0 Å². The fraction of sp³-hybridized carbons (Fsp3) is 0.423. The smallest absolute Gasteiger partial charge is 0.421 e. The Labute approximate surface area is 203 Å². The average Bonchev–Trinajstić information content (AvgIpc) is 3.67. The molecule has 186 valence electrons. The Kier molecular flexibility index (Phi) is 6.77. The fourth-order valence-corrected chi connectivity index (χ4v) is 4.78. The van der Waals surface area contributed by atoms with Gasteiger partial charge in [0.1, 0.15) is 24.4 Å². The minimum absolute atomic E-state index is 0.00402. The van der Waals surface area contributed by atoms with E-state index in [9.17, 15) is 20.1 Å². The van der Waals surface area contributed by atoms with Crippen LogP contribution in [-0.2, 0) is 15.9 Å². The molecule has 1 saturated carbocycles. The number of aromatic nitrogens is 1. The van der Waals surface area contributed by atoms with E-state index in [0.717, 1.165) is 16.5 Å². The summed E-state index contributed by atoms with van der Waals surface area (Å²) in [5.41, 5.74) is 9.43. The van der Waals surface area contributed by atoms with Gasteiger partial charge in [-0.05, 0) is 47.9 Å². The van der Waals surface area contributed by atoms with E-state index in [1.807, 2.05) is 35.0 Å². The predicted molar refractivity (Wildman–Crippen MR) is 129 cm³/mol. The summed E-state index contributed by atoms with van der Waals surface area (Å²) in [6, 6.07) is 16.6. The van der Waals surface area contributed by atoms with Crippen molar-refractivity contribution in [2.75, 3.05) is 13.7 Å². The van der Waals surface area contributed by atoms with Crippen molar-refractivity contribution in [1.29, 1.82) is 0 Å². The number of rotatable bonds is 7. The highest BCUT2D eigenvalue weighted by Crippen LogP contribution is 2.40. The summed E-state index contributed by atoms with van der Waals surface area (Å²) < 4.78 is 12.4. The van der Waals surface area contributed by atoms with Gasteiger partial charge in [-0.25, -0.2) is 10.2 Å². The first kappa shape index (κ1) is 23.8. The second-order valence-corrected chi connectivity index (χ2v) is 9.31. The summed E-state index contributed by atoms with van der Waals surface area (Å²) in [4.78, 5) is 11.3. The number of fused-ring (bicyclic) bond motifs is 1. The van der Waals surface area contributed by atoms with Gasteiger partial charge < -0.3 is 29.4 Å². The number of amides is 1. The van der Waals surface area contributed by atoms with Crippen LogP contribution in [0, 0.1) is 0 Å². The van der Waals surface area contributed by atoms with Crippen LogP contribution in [0.25, 0.3) is 10.9 Å². The van der Waals surface area contributed by atoms with Crippen LogP contribution in [0.15, 0.2) is 54.7 Å². The quantitative estimate of drug-likeness (QED) is 0.327. The number of hydrogen-bond donors (Lipinski definition) is 5. The van der Waals surface area contributed by atoms with Gasteiger partial charge in [0.25, 0.3) is 0 Å². The van der Waals surface area contributed by atoms with E-state index in [0.29, 0.717) is 12.3 Å². The minimum Gasteiger partial charge on any atom is -0.452 e. The van der Waals surface area contributed by atoms with E-state index < -0.39 is 36.7 Å². The van der Waals surface area contributed by atoms with Crippen LogP contribution < -0.4 is 10.9 Å². The number of hydrogen-bond acceptors (Lipinski definition) is 7. The van der Waals surface area contributed by atoms with Crippen molar-refractivity contribution in [1.82, 2.24) is 15.4 Å². The molecule has 2 fully saturated rings. The molecule has 1 aliphatic heterocycles. The molecule has 0 spiro atoms. The van der Waals surface area contributed by atoms with E-state index >= 15 is 0 Å². The number of para-hydroxylation sites is 1. The number of aliphatic hydroxyl groups is 3. The first-order valence-corrected chi connectivity index (χ1v) is 11.9. The summed E-state index contributed by atoms with van der Waals surface area (Å²) >= 11 is 0. The number of aliphatic hydroxyl groups excluding tert-OH is 3. The molecule has 1 saturated heterocycles. The topological polar surface area (TPSA) is 125 Å². The first-order chi connectivity index (χ1) is 17.0. The number of nitrogens with zero attached hydrogens (tertiary/aromatic N) is 1. The summed E-state index contributed by atoms with van der Waals surface area (Å²) in [7, 11) is 1.23. The van der Waals surface area contributed by atoms with Gasteiger partial charge in [-0.3, -0.25) is 5.43 Å². The van der Waals surface area contributed by atoms with Gasteiger partial charge >= 0.3 is 6.09 Å². The third kappa shape index (κ3) is 4.91. The molecular weight excluding hydrogens is 450 g/mol. The van der Waals surface area contributed by atoms with Crippen molar-refractivity contribution < 1.29 is 29.6 Å². The second kappa shape index (κ2) is 9.96. The van der Waals surface area contributed by atoms with Crippen LogP contribution in [0.5, 0.6) is 0 Å². The standard InChI is InChI=1S/C26H31N3O6/c1-34-26(33)28-27-13-21-22(30)23(31)24(32)25(35-21)29-14-18(19-4-2-3-5-20(19)29)12-15-6-8-16(9-7-15)17-10-11-17/h2-9,14,17,21-25,27,30-32H,10-13H2,1H3,(H,28,33)/t21-,22-,23+,24-,25-/m1/s1. The lowest BCUT2D eigenvalue weighted by Gasteiger charge is -2.41. The highest BCUT2D eigenvalue weighted by Gasteiger charge is 2.44. The number of hydrazine groups is 1. The molecule has 1 aliphatic carbocycles. The monoisotopic (exact) mass is 481 g/mol. The molecule has 5 N–H and O–H groups in total. The molecule has 2 heterocycles. The molecule has 1 amide bonds. The zero-order chi connectivity index (χ0) is 24.5. The molecule has 3 aromatic rings. The third-order valence-corrected chi connectivity index (χ3v) is 6.89. The fourth-order valence-electron chi connectivity index (χ4n) is 4.78. The maximum absolute atomic E-state index is 11.3. The lowest BCUT2D eigenvalue weighted by Crippen LogP contribution is -2.59. The lowest BCUT2D eigenvalue weighted by atomic mass is 9.98. The molecule has 5 rings (SSSR count). The predicted octanol–water partition coefficient (Wildman–Crippen LogP) is 1.95. The highest BCUT2D eigenvalue weighted by molar-refractivity contribution is 5.84. The van der Waals surface area contributed by atoms with Gasteiger partial charge in [-0.2, -0.15) is 0 Å². The van der Waals surface area contributed by atoms with Crippen molar-refractivity contribution >= 4 is 17.0 Å². The number of carbonyl (C=O) groups excluding carboxylic acids is 1. The van der Waals surface area contributed by atoms with E-state index in [1.165, 1.54) is 31.1 Å². The third-order valence-electron chi connectivity index (χ3n) is 6.89. The molecule has 9 nitrogen and oxygen atoms in total. The van der Waals surface area contributed by atoms with Gasteiger partial charge in [0, 0.05) is 18.1 Å². The Hall–Kier alpha value is -2.95. The van der Waals surface area contributed by atoms with Crippen LogP contribution in [0.4, 0.5) is 4.79 Å². The maximum atomic E-state index is 11.3. The number of methoxy groups -OCH3 is 1. The van der Waals surface area contributed by atoms with E-state index in [4.69, 9.17) is 4.74 Å². The molecule has 1 aromatic heterocycles. The summed E-state index contributed by atoms with van der Waals surface area (Å²) in [6.45, 7) is -0.00402. The SMILES string of the molecule is COC(=O)NNC[C@H]1O[C@@H](n2cc(Cc3ccc(C4CC4)cc3)c3ccccc32)[C@H](O)[C@@H](O)[C@@H]1O. The molecule has 0 bridgehead atoms. The molecule has 2 aromatic carbocycles. The summed E-state index contributed by atoms with van der Waals surface area (Å²) in [6.07, 6.45) is -1.47. The van der Waals surface area contributed by atoms with Crippen LogP contribution in [0.3, 0.4) is 0 Å². The average molecular weight is 482 g/mol. The van der Waals surface area contributed by atoms with E-state index in [2.05, 4.69) is 39.9 Å². The van der Waals surface area contributed by atoms with Crippen LogP contribution in [0.1, 0.15) is 41.7 Å². The molecular formula is C26H31N3O6. The highest BCUT2D eigenvalue weighted by atomic mass is 16.6. The van der Waals surface area contributed by atoms with E-state index in [-0.39, 0.29) is 6.54 Å². The maximum Gasteiger partial charge on any atom is 0.421 e. The van der Waals surface area contributed by atoms with Crippen molar-refractivity contribution in [2.24, 2.45) is 0 Å². The number of nitrogens with one attached hydrogen (secondary N) is 2. The normalized spacial score (nSPS) is 26.6. The van der Waals surface area contributed by atoms with Crippen molar-refractivity contribution in [3.05, 3.63) is 71.4 Å². The number of carbonyl (C=O) groups is 1. The zero-order valence-electron chi connectivity index (χ0n) is 19.5. The van der Waals surface area contributed by atoms with Gasteiger partial charge in [-0.1, -0.05) is 42.5 Å². The van der Waals surface area contributed by atoms with Gasteiger partial charge in [-0.15, -0.1) is 0 Å². The van der Waals surface area contributed by atoms with Crippen LogP contribution in [0.2, 0.25) is 0 Å². The molecule has 2 aliphatic rings. The van der Waals surface area contributed by atoms with Gasteiger partial charge in [0.2, 0.25) is 0 Å². The van der Waals surface area contributed by atoms with Crippen molar-refractivity contribution in [3.63, 3.8) is 0 Å². The van der Waals surface area contributed by atoms with Gasteiger partial charge in [0.05, 0.1) is 12.6 Å². The minimum atomic E-state index is -1.43. The first-order valence-electron chi connectivity index (χ1n) is 11.9. The zero-order valence-corrected chi connectivity index (χ0v) is 19.5. The van der Waals surface area contributed by atoms with Crippen molar-refractivity contribution in [3.8, 4) is 0 Å².